The Kier molecular flexibility index (Phi) is 7.95. The lowest BCUT2D eigenvalue weighted by atomic mass is 10.1. The third kappa shape index (κ3) is 7.12. The van der Waals surface area contributed by atoms with E-state index in [0.29, 0.717) is 13.1 Å². The van der Waals surface area contributed by atoms with Crippen LogP contribution in [0.4, 0.5) is 9.59 Å². The van der Waals surface area contributed by atoms with Gasteiger partial charge in [-0.3, -0.25) is 0 Å². The maximum atomic E-state index is 12.5. The van der Waals surface area contributed by atoms with Crippen LogP contribution in [-0.4, -0.2) is 53.8 Å². The number of ether oxygens (including phenoxy) is 2. The van der Waals surface area contributed by atoms with Gasteiger partial charge >= 0.3 is 12.2 Å². The molecule has 0 N–H and O–H groups in total. The molecule has 1 saturated heterocycles. The van der Waals surface area contributed by atoms with Crippen LogP contribution in [0, 0.1) is 0 Å². The Bertz CT molecular complexity index is 597. The van der Waals surface area contributed by atoms with Crippen LogP contribution in [-0.2, 0) is 16.1 Å². The molecule has 1 aromatic carbocycles. The summed E-state index contributed by atoms with van der Waals surface area (Å²) in [5.41, 5.74) is 0.160. The van der Waals surface area contributed by atoms with E-state index in [1.54, 1.807) is 9.80 Å². The topological polar surface area (TPSA) is 59.1 Å². The Morgan fingerprint density at radius 1 is 1.11 bits per heavy atom. The smallest absolute Gasteiger partial charge is 0.410 e. The third-order valence-electron chi connectivity index (χ3n) is 4.51. The quantitative estimate of drug-likeness (QED) is 0.706. The summed E-state index contributed by atoms with van der Waals surface area (Å²) >= 11 is 0. The zero-order chi connectivity index (χ0) is 19.7. The normalized spacial score (nSPS) is 14.6. The number of rotatable bonds is 7. The van der Waals surface area contributed by atoms with Gasteiger partial charge in [-0.05, 0) is 45.1 Å². The lowest BCUT2D eigenvalue weighted by molar-refractivity contribution is -0.0121. The van der Waals surface area contributed by atoms with Crippen molar-refractivity contribution < 1.29 is 19.1 Å². The van der Waals surface area contributed by atoms with E-state index in [1.807, 2.05) is 51.1 Å². The highest BCUT2D eigenvalue weighted by molar-refractivity contribution is 5.69. The van der Waals surface area contributed by atoms with Gasteiger partial charge < -0.3 is 19.3 Å². The number of hydrogen-bond acceptors (Lipinski definition) is 4. The standard InChI is InChI=1S/C21H32N2O4/c1-4-13-23(19(24)26-16-18-11-7-5-8-12-18)17-21(2,3)27-20(25)22-14-9-6-10-15-22/h5,7-8,11-12H,4,6,9-10,13-17H2,1-3H3. The minimum atomic E-state index is -0.782. The van der Waals surface area contributed by atoms with E-state index < -0.39 is 5.60 Å². The second-order valence-corrected chi connectivity index (χ2v) is 7.64. The molecule has 2 rings (SSSR count). The minimum absolute atomic E-state index is 0.230. The van der Waals surface area contributed by atoms with Gasteiger partial charge in [0.2, 0.25) is 0 Å². The van der Waals surface area contributed by atoms with Crippen molar-refractivity contribution in [1.29, 1.82) is 0 Å². The van der Waals surface area contributed by atoms with Gasteiger partial charge in [-0.2, -0.15) is 0 Å². The van der Waals surface area contributed by atoms with Crippen molar-refractivity contribution in [3.63, 3.8) is 0 Å². The van der Waals surface area contributed by atoms with Crippen molar-refractivity contribution in [2.24, 2.45) is 0 Å². The minimum Gasteiger partial charge on any atom is -0.445 e. The fourth-order valence-corrected chi connectivity index (χ4v) is 3.18. The Morgan fingerprint density at radius 2 is 1.78 bits per heavy atom. The first-order valence-electron chi connectivity index (χ1n) is 9.85. The SMILES string of the molecule is CCCN(CC(C)(C)OC(=O)N1CCCCC1)C(=O)OCc1ccccc1. The number of carbonyl (C=O) groups excluding carboxylic acids is 2. The Labute approximate surface area is 162 Å². The van der Waals surface area contributed by atoms with Crippen LogP contribution in [0.2, 0.25) is 0 Å². The van der Waals surface area contributed by atoms with Gasteiger partial charge in [-0.1, -0.05) is 37.3 Å². The summed E-state index contributed by atoms with van der Waals surface area (Å²) < 4.78 is 11.2. The summed E-state index contributed by atoms with van der Waals surface area (Å²) in [5, 5.41) is 0. The van der Waals surface area contributed by atoms with E-state index in [0.717, 1.165) is 44.3 Å². The number of carbonyl (C=O) groups is 2. The average molecular weight is 376 g/mol. The number of hydrogen-bond donors (Lipinski definition) is 0. The summed E-state index contributed by atoms with van der Waals surface area (Å²) in [6, 6.07) is 9.59. The lowest BCUT2D eigenvalue weighted by Crippen LogP contribution is -2.48. The molecule has 0 spiro atoms. The van der Waals surface area contributed by atoms with Crippen LogP contribution in [0.25, 0.3) is 0 Å². The molecule has 1 aliphatic rings. The first-order valence-corrected chi connectivity index (χ1v) is 9.85. The zero-order valence-corrected chi connectivity index (χ0v) is 16.8. The Hall–Kier alpha value is -2.24. The summed E-state index contributed by atoms with van der Waals surface area (Å²) in [6.45, 7) is 8.24. The summed E-state index contributed by atoms with van der Waals surface area (Å²) in [7, 11) is 0. The molecule has 1 aliphatic heterocycles. The molecule has 6 nitrogen and oxygen atoms in total. The van der Waals surface area contributed by atoms with E-state index in [9.17, 15) is 9.59 Å². The molecular formula is C21H32N2O4. The second-order valence-electron chi connectivity index (χ2n) is 7.64. The molecule has 0 unspecified atom stereocenters. The van der Waals surface area contributed by atoms with Crippen LogP contribution < -0.4 is 0 Å². The highest BCUT2D eigenvalue weighted by Crippen LogP contribution is 2.18. The Balaban J connectivity index is 1.89. The van der Waals surface area contributed by atoms with Crippen molar-refractivity contribution in [2.75, 3.05) is 26.2 Å². The molecule has 150 valence electrons. The molecule has 1 heterocycles. The fourth-order valence-electron chi connectivity index (χ4n) is 3.18. The van der Waals surface area contributed by atoms with Crippen molar-refractivity contribution in [3.05, 3.63) is 35.9 Å². The van der Waals surface area contributed by atoms with Gasteiger partial charge in [-0.25, -0.2) is 9.59 Å². The first kappa shape index (κ1) is 21.1. The molecule has 0 atom stereocenters. The summed E-state index contributed by atoms with van der Waals surface area (Å²) in [4.78, 5) is 28.3. The van der Waals surface area contributed by atoms with Gasteiger partial charge in [0, 0.05) is 19.6 Å². The van der Waals surface area contributed by atoms with Crippen LogP contribution >= 0.6 is 0 Å². The molecular weight excluding hydrogens is 344 g/mol. The molecule has 0 aromatic heterocycles. The maximum Gasteiger partial charge on any atom is 0.410 e. The third-order valence-corrected chi connectivity index (χ3v) is 4.51. The summed E-state index contributed by atoms with van der Waals surface area (Å²) in [6.07, 6.45) is 3.31. The first-order chi connectivity index (χ1) is 12.9. The lowest BCUT2D eigenvalue weighted by Gasteiger charge is -2.34. The van der Waals surface area contributed by atoms with Gasteiger partial charge in [0.25, 0.3) is 0 Å². The van der Waals surface area contributed by atoms with Crippen LogP contribution in [0.15, 0.2) is 30.3 Å². The van der Waals surface area contributed by atoms with Gasteiger partial charge in [-0.15, -0.1) is 0 Å². The van der Waals surface area contributed by atoms with Gasteiger partial charge in [0.15, 0.2) is 0 Å². The number of nitrogens with zero attached hydrogens (tertiary/aromatic N) is 2. The molecule has 0 bridgehead atoms. The number of likely N-dealkylation sites (tertiary alicyclic amines) is 1. The van der Waals surface area contributed by atoms with Crippen molar-refractivity contribution in [2.45, 2.75) is 58.7 Å². The second kappa shape index (κ2) is 10.2. The predicted octanol–water partition coefficient (Wildman–Crippen LogP) is 4.44. The largest absolute Gasteiger partial charge is 0.445 e. The number of piperidine rings is 1. The fraction of sp³-hybridized carbons (Fsp3) is 0.619. The van der Waals surface area contributed by atoms with Crippen molar-refractivity contribution >= 4 is 12.2 Å². The average Bonchev–Trinajstić information content (AvgIpc) is 2.66. The highest BCUT2D eigenvalue weighted by atomic mass is 16.6. The van der Waals surface area contributed by atoms with E-state index >= 15 is 0 Å². The predicted molar refractivity (Wildman–Crippen MR) is 104 cm³/mol. The van der Waals surface area contributed by atoms with Crippen molar-refractivity contribution in [3.8, 4) is 0 Å². The Morgan fingerprint density at radius 3 is 2.41 bits per heavy atom. The molecule has 1 aromatic rings. The van der Waals surface area contributed by atoms with Crippen LogP contribution in [0.1, 0.15) is 52.0 Å². The van der Waals surface area contributed by atoms with E-state index in [1.165, 1.54) is 0 Å². The molecule has 0 radical (unpaired) electrons. The molecule has 1 fully saturated rings. The monoisotopic (exact) mass is 376 g/mol. The maximum absolute atomic E-state index is 12.5. The molecule has 6 heteroatoms. The zero-order valence-electron chi connectivity index (χ0n) is 16.8. The van der Waals surface area contributed by atoms with Crippen LogP contribution in [0.3, 0.4) is 0 Å². The van der Waals surface area contributed by atoms with Gasteiger partial charge in [0.05, 0.1) is 6.54 Å². The van der Waals surface area contributed by atoms with Crippen molar-refractivity contribution in [1.82, 2.24) is 9.80 Å². The molecule has 0 saturated carbocycles. The van der Waals surface area contributed by atoms with Crippen LogP contribution in [0.5, 0.6) is 0 Å². The molecule has 0 aliphatic carbocycles. The van der Waals surface area contributed by atoms with Gasteiger partial charge in [0.1, 0.15) is 12.2 Å². The highest BCUT2D eigenvalue weighted by Gasteiger charge is 2.31. The number of amides is 2. The van der Waals surface area contributed by atoms with E-state index in [-0.39, 0.29) is 18.8 Å². The molecule has 27 heavy (non-hydrogen) atoms. The number of benzene rings is 1. The summed E-state index contributed by atoms with van der Waals surface area (Å²) in [5.74, 6) is 0. The molecule has 2 amide bonds. The van der Waals surface area contributed by atoms with E-state index in [2.05, 4.69) is 0 Å². The van der Waals surface area contributed by atoms with E-state index in [4.69, 9.17) is 9.47 Å².